The number of hydrogen-bond acceptors (Lipinski definition) is 0. The zero-order chi connectivity index (χ0) is 12.6. The van der Waals surface area contributed by atoms with E-state index in [0.29, 0.717) is 20.1 Å². The Hall–Kier alpha value is -0.400. The van der Waals surface area contributed by atoms with Crippen LogP contribution in [0.3, 0.4) is 0 Å². The van der Waals surface area contributed by atoms with Gasteiger partial charge in [0.05, 0.1) is 5.02 Å². The Morgan fingerprint density at radius 2 is 1.41 bits per heavy atom. The Labute approximate surface area is 120 Å². The van der Waals surface area contributed by atoms with Crippen LogP contribution in [0.25, 0.3) is 11.1 Å². The molecule has 0 N–H and O–H groups in total. The van der Waals surface area contributed by atoms with Crippen LogP contribution >= 0.6 is 46.4 Å². The lowest BCUT2D eigenvalue weighted by Gasteiger charge is -2.10. The van der Waals surface area contributed by atoms with E-state index in [0.717, 1.165) is 16.7 Å². The third-order valence-electron chi connectivity index (χ3n) is 2.54. The maximum atomic E-state index is 6.27. The second kappa shape index (κ2) is 5.07. The molecule has 0 saturated carbocycles. The number of hydrogen-bond donors (Lipinski definition) is 0. The van der Waals surface area contributed by atoms with E-state index < -0.39 is 0 Å². The molecule has 0 fully saturated rings. The summed E-state index contributed by atoms with van der Waals surface area (Å²) in [5.74, 6) is 0. The maximum absolute atomic E-state index is 6.27. The van der Waals surface area contributed by atoms with Crippen molar-refractivity contribution in [2.75, 3.05) is 0 Å². The molecule has 0 radical (unpaired) electrons. The highest BCUT2D eigenvalue weighted by molar-refractivity contribution is 6.39. The van der Waals surface area contributed by atoms with Crippen LogP contribution in [0.4, 0.5) is 0 Å². The Bertz CT molecular complexity index is 576. The van der Waals surface area contributed by atoms with Crippen molar-refractivity contribution < 1.29 is 0 Å². The summed E-state index contributed by atoms with van der Waals surface area (Å²) in [7, 11) is 0. The predicted octanol–water partition coefficient (Wildman–Crippen LogP) is 6.28. The average Bonchev–Trinajstić information content (AvgIpc) is 2.28. The SMILES string of the molecule is Cc1c(Cl)ccc(-c2ccc(Cl)cc2Cl)c1Cl. The molecule has 0 heterocycles. The van der Waals surface area contributed by atoms with Gasteiger partial charge < -0.3 is 0 Å². The van der Waals surface area contributed by atoms with Crippen molar-refractivity contribution in [2.45, 2.75) is 6.92 Å². The van der Waals surface area contributed by atoms with E-state index in [-0.39, 0.29) is 0 Å². The highest BCUT2D eigenvalue weighted by Crippen LogP contribution is 2.38. The minimum atomic E-state index is 0.570. The first-order chi connectivity index (χ1) is 8.00. The van der Waals surface area contributed by atoms with Gasteiger partial charge in [0.1, 0.15) is 0 Å². The summed E-state index contributed by atoms with van der Waals surface area (Å²) in [6, 6.07) is 8.98. The minimum absolute atomic E-state index is 0.570. The monoisotopic (exact) mass is 304 g/mol. The number of halogens is 4. The fraction of sp³-hybridized carbons (Fsp3) is 0.0769. The molecule has 0 bridgehead atoms. The smallest absolute Gasteiger partial charge is 0.0528 e. The van der Waals surface area contributed by atoms with Crippen molar-refractivity contribution in [1.29, 1.82) is 0 Å². The van der Waals surface area contributed by atoms with E-state index in [1.54, 1.807) is 12.1 Å². The molecule has 0 unspecified atom stereocenters. The Morgan fingerprint density at radius 1 is 0.765 bits per heavy atom. The molecule has 0 aliphatic carbocycles. The molecule has 0 aliphatic rings. The first-order valence-electron chi connectivity index (χ1n) is 4.90. The van der Waals surface area contributed by atoms with Crippen LogP contribution in [0.5, 0.6) is 0 Å². The van der Waals surface area contributed by atoms with Gasteiger partial charge in [0.2, 0.25) is 0 Å². The van der Waals surface area contributed by atoms with E-state index in [2.05, 4.69) is 0 Å². The molecule has 2 rings (SSSR count). The molecule has 0 atom stereocenters. The Balaban J connectivity index is 2.65. The van der Waals surface area contributed by atoms with Gasteiger partial charge in [0, 0.05) is 26.2 Å². The molecular weight excluding hydrogens is 298 g/mol. The molecule has 2 aromatic carbocycles. The van der Waals surface area contributed by atoms with E-state index >= 15 is 0 Å². The fourth-order valence-electron chi connectivity index (χ4n) is 1.58. The van der Waals surface area contributed by atoms with E-state index in [9.17, 15) is 0 Å². The molecule has 2 aromatic rings. The van der Waals surface area contributed by atoms with Crippen LogP contribution in [-0.2, 0) is 0 Å². The molecule has 17 heavy (non-hydrogen) atoms. The molecular formula is C13H8Cl4. The van der Waals surface area contributed by atoms with Gasteiger partial charge in [-0.25, -0.2) is 0 Å². The average molecular weight is 306 g/mol. The lowest BCUT2D eigenvalue weighted by Crippen LogP contribution is -1.85. The zero-order valence-corrected chi connectivity index (χ0v) is 11.9. The second-order valence-electron chi connectivity index (χ2n) is 3.66. The lowest BCUT2D eigenvalue weighted by molar-refractivity contribution is 1.46. The summed E-state index contributed by atoms with van der Waals surface area (Å²) >= 11 is 24.3. The first-order valence-corrected chi connectivity index (χ1v) is 6.42. The Morgan fingerprint density at radius 3 is 2.06 bits per heavy atom. The topological polar surface area (TPSA) is 0 Å². The molecule has 0 aromatic heterocycles. The van der Waals surface area contributed by atoms with Gasteiger partial charge in [0.15, 0.2) is 0 Å². The third-order valence-corrected chi connectivity index (χ3v) is 3.99. The molecule has 0 amide bonds. The molecule has 0 saturated heterocycles. The number of benzene rings is 2. The molecule has 0 spiro atoms. The van der Waals surface area contributed by atoms with Gasteiger partial charge in [-0.3, -0.25) is 0 Å². The van der Waals surface area contributed by atoms with Gasteiger partial charge >= 0.3 is 0 Å². The van der Waals surface area contributed by atoms with Crippen molar-refractivity contribution in [3.05, 3.63) is 56.0 Å². The van der Waals surface area contributed by atoms with Crippen LogP contribution in [0.15, 0.2) is 30.3 Å². The van der Waals surface area contributed by atoms with Crippen molar-refractivity contribution in [3.8, 4) is 11.1 Å². The highest BCUT2D eigenvalue weighted by Gasteiger charge is 2.11. The molecule has 0 aliphatic heterocycles. The van der Waals surface area contributed by atoms with Crippen LogP contribution in [0.2, 0.25) is 20.1 Å². The van der Waals surface area contributed by atoms with E-state index in [1.807, 2.05) is 25.1 Å². The van der Waals surface area contributed by atoms with Gasteiger partial charge in [-0.15, -0.1) is 0 Å². The van der Waals surface area contributed by atoms with Crippen molar-refractivity contribution in [1.82, 2.24) is 0 Å². The van der Waals surface area contributed by atoms with Crippen LogP contribution in [0, 0.1) is 6.92 Å². The predicted molar refractivity (Wildman–Crippen MR) is 76.7 cm³/mol. The summed E-state index contributed by atoms with van der Waals surface area (Å²) in [6.45, 7) is 1.87. The standard InChI is InChI=1S/C13H8Cl4/c1-7-11(15)5-4-10(13(7)17)9-3-2-8(14)6-12(9)16/h2-6H,1H3. The van der Waals surface area contributed by atoms with Crippen LogP contribution in [0.1, 0.15) is 5.56 Å². The van der Waals surface area contributed by atoms with Gasteiger partial charge in [-0.05, 0) is 30.7 Å². The summed E-state index contributed by atoms with van der Waals surface area (Å²) in [6.07, 6.45) is 0. The van der Waals surface area contributed by atoms with Crippen LogP contribution in [-0.4, -0.2) is 0 Å². The maximum Gasteiger partial charge on any atom is 0.0528 e. The van der Waals surface area contributed by atoms with Gasteiger partial charge in [-0.2, -0.15) is 0 Å². The van der Waals surface area contributed by atoms with Crippen LogP contribution < -0.4 is 0 Å². The third kappa shape index (κ3) is 2.56. The molecule has 88 valence electrons. The zero-order valence-electron chi connectivity index (χ0n) is 8.90. The van der Waals surface area contributed by atoms with Gasteiger partial charge in [-0.1, -0.05) is 58.5 Å². The van der Waals surface area contributed by atoms with Crippen molar-refractivity contribution in [3.63, 3.8) is 0 Å². The quantitative estimate of drug-likeness (QED) is 0.582. The highest BCUT2D eigenvalue weighted by atomic mass is 35.5. The first kappa shape index (κ1) is 13.0. The fourth-order valence-corrected chi connectivity index (χ4v) is 2.56. The van der Waals surface area contributed by atoms with E-state index in [1.165, 1.54) is 0 Å². The summed E-state index contributed by atoms with van der Waals surface area (Å²) in [5.41, 5.74) is 2.55. The van der Waals surface area contributed by atoms with Crippen molar-refractivity contribution >= 4 is 46.4 Å². The summed E-state index contributed by atoms with van der Waals surface area (Å²) < 4.78 is 0. The summed E-state index contributed by atoms with van der Waals surface area (Å²) in [4.78, 5) is 0. The lowest BCUT2D eigenvalue weighted by atomic mass is 10.0. The molecule has 4 heteroatoms. The largest absolute Gasteiger partial charge is 0.0843 e. The van der Waals surface area contributed by atoms with Crippen molar-refractivity contribution in [2.24, 2.45) is 0 Å². The normalized spacial score (nSPS) is 10.6. The van der Waals surface area contributed by atoms with Gasteiger partial charge in [0.25, 0.3) is 0 Å². The summed E-state index contributed by atoms with van der Waals surface area (Å²) in [5, 5.41) is 2.42. The van der Waals surface area contributed by atoms with E-state index in [4.69, 9.17) is 46.4 Å². The second-order valence-corrected chi connectivity index (χ2v) is 5.29. The number of rotatable bonds is 1. The minimum Gasteiger partial charge on any atom is -0.0843 e. The Kier molecular flexibility index (Phi) is 3.89. The molecule has 0 nitrogen and oxygen atoms in total.